The number of carbonyl (C=O) groups is 1. The van der Waals surface area contributed by atoms with E-state index < -0.39 is 16.8 Å². The summed E-state index contributed by atoms with van der Waals surface area (Å²) in [4.78, 5) is 14.6. The quantitative estimate of drug-likeness (QED) is 0.470. The minimum atomic E-state index is -0.696. The summed E-state index contributed by atoms with van der Waals surface area (Å²) in [5, 5.41) is 14.0. The number of benzene rings is 2. The maximum Gasteiger partial charge on any atom is 0.309 e. The summed E-state index contributed by atoms with van der Waals surface area (Å²) < 4.78 is 5.95. The van der Waals surface area contributed by atoms with E-state index in [1.807, 2.05) is 6.08 Å². The molecule has 4 aliphatic rings. The third-order valence-corrected chi connectivity index (χ3v) is 9.65. The Morgan fingerprint density at radius 3 is 2.39 bits per heavy atom. The zero-order chi connectivity index (χ0) is 25.1. The Bertz CT molecular complexity index is 1050. The van der Waals surface area contributed by atoms with Crippen molar-refractivity contribution in [3.8, 4) is 0 Å². The Hall–Kier alpha value is -2.38. The number of ether oxygens (including phenoxy) is 1. The molecule has 0 saturated carbocycles. The zero-order valence-electron chi connectivity index (χ0n) is 21.0. The van der Waals surface area contributed by atoms with E-state index in [4.69, 9.17) is 4.74 Å². The number of hydrogen-bond donors (Lipinski definition) is 2. The van der Waals surface area contributed by atoms with E-state index in [9.17, 15) is 9.90 Å². The number of rotatable bonds is 9. The molecule has 2 bridgehead atoms. The Morgan fingerprint density at radius 2 is 1.81 bits per heavy atom. The predicted octanol–water partition coefficient (Wildman–Crippen LogP) is 4.98. The van der Waals surface area contributed by atoms with Crippen molar-refractivity contribution in [2.45, 2.75) is 35.9 Å². The van der Waals surface area contributed by atoms with Crippen molar-refractivity contribution in [1.29, 1.82) is 0 Å². The third-order valence-electron chi connectivity index (χ3n) is 8.41. The summed E-state index contributed by atoms with van der Waals surface area (Å²) in [7, 11) is 1.75. The van der Waals surface area contributed by atoms with Gasteiger partial charge < -0.3 is 15.2 Å². The topological polar surface area (TPSA) is 61.8 Å². The fourth-order valence-corrected chi connectivity index (χ4v) is 7.52. The molecular formula is C30H36N2O3S. The minimum absolute atomic E-state index is 0.107. The molecule has 0 amide bonds. The van der Waals surface area contributed by atoms with Gasteiger partial charge in [0.15, 0.2) is 0 Å². The number of carboxylic acids is 1. The fourth-order valence-electron chi connectivity index (χ4n) is 6.67. The van der Waals surface area contributed by atoms with Crippen LogP contribution in [0.15, 0.2) is 85.0 Å². The van der Waals surface area contributed by atoms with Crippen molar-refractivity contribution >= 4 is 17.7 Å². The SMILES string of the molecule is COC1(SC)C=CC=CC1CNC1C(C(=O)O)C2CCN1C(C(c1ccccc1)c1ccccc1)C2. The van der Waals surface area contributed by atoms with Crippen LogP contribution in [0.2, 0.25) is 0 Å². The van der Waals surface area contributed by atoms with Gasteiger partial charge in [-0.15, -0.1) is 11.8 Å². The zero-order valence-corrected chi connectivity index (χ0v) is 21.8. The largest absolute Gasteiger partial charge is 0.481 e. The van der Waals surface area contributed by atoms with Crippen LogP contribution >= 0.6 is 11.8 Å². The highest BCUT2D eigenvalue weighted by atomic mass is 32.2. The molecule has 5 nitrogen and oxygen atoms in total. The van der Waals surface area contributed by atoms with Crippen molar-refractivity contribution in [2.24, 2.45) is 17.8 Å². The molecule has 0 radical (unpaired) electrons. The van der Waals surface area contributed by atoms with Gasteiger partial charge in [-0.1, -0.05) is 78.9 Å². The second kappa shape index (κ2) is 10.9. The van der Waals surface area contributed by atoms with Crippen molar-refractivity contribution in [1.82, 2.24) is 10.2 Å². The van der Waals surface area contributed by atoms with Crippen LogP contribution in [0.3, 0.4) is 0 Å². The van der Waals surface area contributed by atoms with Crippen molar-refractivity contribution in [3.63, 3.8) is 0 Å². The lowest BCUT2D eigenvalue weighted by molar-refractivity contribution is -0.159. The Labute approximate surface area is 218 Å². The normalized spacial score (nSPS) is 33.2. The lowest BCUT2D eigenvalue weighted by atomic mass is 9.68. The minimum Gasteiger partial charge on any atom is -0.481 e. The number of hydrogen-bond acceptors (Lipinski definition) is 5. The number of carboxylic acid groups (broad SMARTS) is 1. The second-order valence-electron chi connectivity index (χ2n) is 10.1. The van der Waals surface area contributed by atoms with Gasteiger partial charge >= 0.3 is 5.97 Å². The highest BCUT2D eigenvalue weighted by molar-refractivity contribution is 8.00. The lowest BCUT2D eigenvalue weighted by Crippen LogP contribution is -2.67. The molecular weight excluding hydrogens is 468 g/mol. The molecule has 6 heteroatoms. The molecule has 6 rings (SSSR count). The maximum absolute atomic E-state index is 12.5. The summed E-state index contributed by atoms with van der Waals surface area (Å²) in [5.74, 6) is -0.665. The van der Waals surface area contributed by atoms with Gasteiger partial charge in [0.1, 0.15) is 4.93 Å². The number of allylic oxidation sites excluding steroid dienone is 2. The van der Waals surface area contributed by atoms with Gasteiger partial charge in [-0.2, -0.15) is 0 Å². The van der Waals surface area contributed by atoms with Crippen LogP contribution in [0.4, 0.5) is 0 Å². The van der Waals surface area contributed by atoms with Gasteiger partial charge in [0.25, 0.3) is 0 Å². The van der Waals surface area contributed by atoms with Gasteiger partial charge in [0, 0.05) is 38.1 Å². The van der Waals surface area contributed by atoms with Crippen LogP contribution in [0.5, 0.6) is 0 Å². The van der Waals surface area contributed by atoms with Crippen LogP contribution in [-0.4, -0.2) is 59.6 Å². The molecule has 2 aromatic rings. The van der Waals surface area contributed by atoms with E-state index in [0.29, 0.717) is 6.54 Å². The molecule has 1 aliphatic carbocycles. The summed E-state index contributed by atoms with van der Waals surface area (Å²) in [6, 6.07) is 21.6. The molecule has 0 spiro atoms. The second-order valence-corrected chi connectivity index (χ2v) is 11.1. The number of thioether (sulfide) groups is 1. The molecule has 2 aromatic carbocycles. The number of fused-ring (bicyclic) bond motifs is 3. The van der Waals surface area contributed by atoms with Gasteiger partial charge in [-0.25, -0.2) is 0 Å². The smallest absolute Gasteiger partial charge is 0.309 e. The number of aliphatic carboxylic acids is 1. The molecule has 3 heterocycles. The first-order valence-electron chi connectivity index (χ1n) is 12.9. The Balaban J connectivity index is 1.46. The Kier molecular flexibility index (Phi) is 7.68. The molecule has 190 valence electrons. The number of piperidine rings is 3. The number of methoxy groups -OCH3 is 1. The lowest BCUT2D eigenvalue weighted by Gasteiger charge is -2.56. The van der Waals surface area contributed by atoms with E-state index >= 15 is 0 Å². The monoisotopic (exact) mass is 504 g/mol. The van der Waals surface area contributed by atoms with Crippen LogP contribution in [-0.2, 0) is 9.53 Å². The maximum atomic E-state index is 12.5. The summed E-state index contributed by atoms with van der Waals surface area (Å²) in [6.45, 7) is 1.56. The third kappa shape index (κ3) is 4.68. The van der Waals surface area contributed by atoms with Crippen LogP contribution in [0.25, 0.3) is 0 Å². The van der Waals surface area contributed by atoms with Gasteiger partial charge in [0.05, 0.1) is 12.1 Å². The Morgan fingerprint density at radius 1 is 1.14 bits per heavy atom. The standard InChI is InChI=1S/C30H36N2O3S/c1-35-30(36-2)17-10-9-15-24(30)20-31-28-27(29(33)34)23-16-18-32(28)25(19-23)26(21-11-5-3-6-12-21)22-13-7-4-8-14-22/h3-15,17,23-28,31H,16,18-20H2,1-2H3,(H,33,34). The molecule has 3 aliphatic heterocycles. The van der Waals surface area contributed by atoms with Crippen molar-refractivity contribution in [3.05, 3.63) is 96.1 Å². The summed E-state index contributed by atoms with van der Waals surface area (Å²) in [5.41, 5.74) is 2.57. The molecule has 3 saturated heterocycles. The molecule has 3 fully saturated rings. The summed E-state index contributed by atoms with van der Waals surface area (Å²) >= 11 is 1.68. The van der Waals surface area contributed by atoms with Gasteiger partial charge in [-0.05, 0) is 42.2 Å². The average molecular weight is 505 g/mol. The van der Waals surface area contributed by atoms with Gasteiger partial charge in [-0.3, -0.25) is 9.69 Å². The molecule has 7 unspecified atom stereocenters. The predicted molar refractivity (Wildman–Crippen MR) is 146 cm³/mol. The van der Waals surface area contributed by atoms with E-state index in [1.165, 1.54) is 11.1 Å². The average Bonchev–Trinajstić information content (AvgIpc) is 2.93. The van der Waals surface area contributed by atoms with E-state index in [0.717, 1.165) is 19.4 Å². The van der Waals surface area contributed by atoms with E-state index in [2.05, 4.69) is 95.4 Å². The molecule has 36 heavy (non-hydrogen) atoms. The van der Waals surface area contributed by atoms with Crippen molar-refractivity contribution < 1.29 is 14.6 Å². The first-order valence-corrected chi connectivity index (χ1v) is 14.1. The van der Waals surface area contributed by atoms with E-state index in [-0.39, 0.29) is 30.0 Å². The first-order chi connectivity index (χ1) is 17.6. The highest BCUT2D eigenvalue weighted by Crippen LogP contribution is 2.46. The molecule has 0 aromatic heterocycles. The molecule has 7 atom stereocenters. The van der Waals surface area contributed by atoms with Gasteiger partial charge in [0.2, 0.25) is 0 Å². The van der Waals surface area contributed by atoms with Crippen molar-refractivity contribution in [2.75, 3.05) is 26.5 Å². The van der Waals surface area contributed by atoms with Crippen LogP contribution < -0.4 is 5.32 Å². The first kappa shape index (κ1) is 25.3. The summed E-state index contributed by atoms with van der Waals surface area (Å²) in [6.07, 6.45) is 12.0. The fraction of sp³-hybridized carbons (Fsp3) is 0.433. The van der Waals surface area contributed by atoms with Crippen LogP contribution in [0, 0.1) is 17.8 Å². The van der Waals surface area contributed by atoms with Crippen LogP contribution in [0.1, 0.15) is 29.9 Å². The number of nitrogens with one attached hydrogen (secondary N) is 1. The number of nitrogens with zero attached hydrogens (tertiary/aromatic N) is 1. The molecule has 2 N–H and O–H groups in total. The highest BCUT2D eigenvalue weighted by Gasteiger charge is 2.52. The van der Waals surface area contributed by atoms with E-state index in [1.54, 1.807) is 18.9 Å².